The van der Waals surface area contributed by atoms with Gasteiger partial charge in [-0.1, -0.05) is 18.3 Å². The van der Waals surface area contributed by atoms with Gasteiger partial charge in [0.05, 0.1) is 6.61 Å². The first-order valence-electron chi connectivity index (χ1n) is 7.50. The number of esters is 1. The minimum absolute atomic E-state index is 0.0238. The van der Waals surface area contributed by atoms with Crippen LogP contribution in [0.1, 0.15) is 25.3 Å². The zero-order chi connectivity index (χ0) is 18.3. The lowest BCUT2D eigenvalue weighted by molar-refractivity contribution is -0.139. The smallest absolute Gasteiger partial charge is 0.333 e. The number of alkyl halides is 2. The molecule has 0 fully saturated rings. The predicted octanol–water partition coefficient (Wildman–Crippen LogP) is 2.76. The molecule has 1 rings (SSSR count). The standard InChI is InChI=1S/C16H22F2N2O3S/c1-10(2)15(22)23-7-5-12(17)13(18)6-8-24-16-19-9-11(3)14(21)20(16)4/h9,12-13H,1,5-8H2,2-4H3. The van der Waals surface area contributed by atoms with E-state index in [1.54, 1.807) is 14.0 Å². The quantitative estimate of drug-likeness (QED) is 0.293. The van der Waals surface area contributed by atoms with Crippen molar-refractivity contribution in [2.75, 3.05) is 12.4 Å². The average Bonchev–Trinajstić information content (AvgIpc) is 2.54. The summed E-state index contributed by atoms with van der Waals surface area (Å²) in [6.07, 6.45) is -2.14. The number of ether oxygens (including phenoxy) is 1. The maximum atomic E-state index is 13.8. The Bertz CT molecular complexity index is 649. The van der Waals surface area contributed by atoms with E-state index in [2.05, 4.69) is 11.6 Å². The third-order valence-electron chi connectivity index (χ3n) is 3.29. The van der Waals surface area contributed by atoms with Gasteiger partial charge in [-0.15, -0.1) is 0 Å². The van der Waals surface area contributed by atoms with E-state index in [1.165, 1.54) is 29.4 Å². The highest BCUT2D eigenvalue weighted by Crippen LogP contribution is 2.19. The van der Waals surface area contributed by atoms with Crippen molar-refractivity contribution in [1.29, 1.82) is 0 Å². The summed E-state index contributed by atoms with van der Waals surface area (Å²) >= 11 is 1.20. The van der Waals surface area contributed by atoms with E-state index < -0.39 is 18.3 Å². The molecule has 24 heavy (non-hydrogen) atoms. The first-order valence-corrected chi connectivity index (χ1v) is 8.48. The number of thioether (sulfide) groups is 1. The van der Waals surface area contributed by atoms with Gasteiger partial charge in [-0.25, -0.2) is 18.6 Å². The van der Waals surface area contributed by atoms with E-state index in [1.807, 2.05) is 0 Å². The van der Waals surface area contributed by atoms with Crippen LogP contribution in [0.5, 0.6) is 0 Å². The Hall–Kier alpha value is -1.70. The van der Waals surface area contributed by atoms with Gasteiger partial charge in [0.15, 0.2) is 5.16 Å². The fourth-order valence-electron chi connectivity index (χ4n) is 1.79. The maximum Gasteiger partial charge on any atom is 0.333 e. The molecule has 1 heterocycles. The van der Waals surface area contributed by atoms with Gasteiger partial charge in [-0.05, 0) is 20.3 Å². The largest absolute Gasteiger partial charge is 0.462 e. The number of hydrogen-bond acceptors (Lipinski definition) is 5. The normalized spacial score (nSPS) is 13.4. The summed E-state index contributed by atoms with van der Waals surface area (Å²) in [7, 11) is 1.59. The lowest BCUT2D eigenvalue weighted by atomic mass is 10.1. The van der Waals surface area contributed by atoms with Gasteiger partial charge in [-0.3, -0.25) is 9.36 Å². The molecule has 0 bridgehead atoms. The molecule has 1 aromatic rings. The number of aryl methyl sites for hydroxylation is 1. The van der Waals surface area contributed by atoms with Crippen molar-refractivity contribution in [2.24, 2.45) is 7.05 Å². The summed E-state index contributed by atoms with van der Waals surface area (Å²) in [5, 5.41) is 0.462. The molecule has 0 aliphatic carbocycles. The van der Waals surface area contributed by atoms with Gasteiger partial charge in [-0.2, -0.15) is 0 Å². The van der Waals surface area contributed by atoms with Crippen LogP contribution < -0.4 is 5.56 Å². The number of nitrogens with zero attached hydrogens (tertiary/aromatic N) is 2. The Morgan fingerprint density at radius 3 is 2.67 bits per heavy atom. The highest BCUT2D eigenvalue weighted by Gasteiger charge is 2.21. The Morgan fingerprint density at radius 1 is 1.42 bits per heavy atom. The first-order chi connectivity index (χ1) is 11.2. The molecular formula is C16H22F2N2O3S. The van der Waals surface area contributed by atoms with E-state index in [-0.39, 0.29) is 36.3 Å². The van der Waals surface area contributed by atoms with E-state index >= 15 is 0 Å². The number of carbonyl (C=O) groups excluding carboxylic acids is 1. The van der Waals surface area contributed by atoms with Gasteiger partial charge in [0.25, 0.3) is 5.56 Å². The van der Waals surface area contributed by atoms with Crippen molar-refractivity contribution in [3.8, 4) is 0 Å². The third kappa shape index (κ3) is 6.07. The zero-order valence-electron chi connectivity index (χ0n) is 14.1. The van der Waals surface area contributed by atoms with Gasteiger partial charge in [0.2, 0.25) is 0 Å². The van der Waals surface area contributed by atoms with Crippen LogP contribution in [0.3, 0.4) is 0 Å². The van der Waals surface area contributed by atoms with Crippen LogP contribution in [0.15, 0.2) is 28.3 Å². The summed E-state index contributed by atoms with van der Waals surface area (Å²) in [5.74, 6) is -0.323. The van der Waals surface area contributed by atoms with Gasteiger partial charge in [0.1, 0.15) is 12.3 Å². The molecule has 0 radical (unpaired) electrons. The topological polar surface area (TPSA) is 61.2 Å². The van der Waals surface area contributed by atoms with E-state index in [0.29, 0.717) is 10.7 Å². The summed E-state index contributed by atoms with van der Waals surface area (Å²) in [6.45, 7) is 6.36. The summed E-state index contributed by atoms with van der Waals surface area (Å²) in [4.78, 5) is 27.0. The monoisotopic (exact) mass is 360 g/mol. The number of hydrogen-bond donors (Lipinski definition) is 0. The van der Waals surface area contributed by atoms with E-state index in [0.717, 1.165) is 0 Å². The molecule has 2 unspecified atom stereocenters. The van der Waals surface area contributed by atoms with Gasteiger partial charge >= 0.3 is 5.97 Å². The fraction of sp³-hybridized carbons (Fsp3) is 0.562. The van der Waals surface area contributed by atoms with Crippen molar-refractivity contribution in [3.05, 3.63) is 34.3 Å². The highest BCUT2D eigenvalue weighted by atomic mass is 32.2. The average molecular weight is 360 g/mol. The van der Waals surface area contributed by atoms with Crippen LogP contribution in [-0.2, 0) is 16.6 Å². The predicted molar refractivity (Wildman–Crippen MR) is 89.7 cm³/mol. The Morgan fingerprint density at radius 2 is 2.04 bits per heavy atom. The van der Waals surface area contributed by atoms with E-state index in [4.69, 9.17) is 4.74 Å². The number of aromatic nitrogens is 2. The lowest BCUT2D eigenvalue weighted by Gasteiger charge is -2.14. The molecule has 1 aromatic heterocycles. The molecule has 0 spiro atoms. The van der Waals surface area contributed by atoms with Crippen molar-refractivity contribution < 1.29 is 18.3 Å². The molecule has 8 heteroatoms. The SMILES string of the molecule is C=C(C)C(=O)OCCC(F)C(F)CCSc1ncc(C)c(=O)n1C. The molecule has 0 saturated carbocycles. The van der Waals surface area contributed by atoms with Crippen LogP contribution >= 0.6 is 11.8 Å². The second kappa shape index (κ2) is 9.56. The Balaban J connectivity index is 2.36. The molecule has 0 saturated heterocycles. The van der Waals surface area contributed by atoms with Crippen molar-refractivity contribution in [1.82, 2.24) is 9.55 Å². The second-order valence-corrected chi connectivity index (χ2v) is 6.52. The lowest BCUT2D eigenvalue weighted by Crippen LogP contribution is -2.23. The molecule has 2 atom stereocenters. The number of rotatable bonds is 9. The second-order valence-electron chi connectivity index (χ2n) is 5.46. The molecule has 0 amide bonds. The Labute approximate surface area is 144 Å². The zero-order valence-corrected chi connectivity index (χ0v) is 14.9. The van der Waals surface area contributed by atoms with Crippen LogP contribution in [0.25, 0.3) is 0 Å². The van der Waals surface area contributed by atoms with Crippen LogP contribution in [-0.4, -0.2) is 40.2 Å². The molecule has 5 nitrogen and oxygen atoms in total. The van der Waals surface area contributed by atoms with Crippen molar-refractivity contribution in [3.63, 3.8) is 0 Å². The molecule has 0 aliphatic heterocycles. The minimum atomic E-state index is -1.71. The number of halogens is 2. The Kier molecular flexibility index (Phi) is 8.10. The third-order valence-corrected chi connectivity index (χ3v) is 4.37. The molecule has 0 N–H and O–H groups in total. The summed E-state index contributed by atoms with van der Waals surface area (Å²) < 4.78 is 33.6. The molecule has 134 valence electrons. The fourth-order valence-corrected chi connectivity index (χ4v) is 2.72. The van der Waals surface area contributed by atoms with E-state index in [9.17, 15) is 18.4 Å². The maximum absolute atomic E-state index is 13.8. The van der Waals surface area contributed by atoms with Gasteiger partial charge < -0.3 is 4.74 Å². The molecule has 0 aromatic carbocycles. The van der Waals surface area contributed by atoms with Crippen LogP contribution in [0.2, 0.25) is 0 Å². The van der Waals surface area contributed by atoms with Crippen molar-refractivity contribution in [2.45, 2.75) is 44.2 Å². The first kappa shape index (κ1) is 20.3. The number of carbonyl (C=O) groups is 1. The van der Waals surface area contributed by atoms with Crippen LogP contribution in [0.4, 0.5) is 8.78 Å². The van der Waals surface area contributed by atoms with Gasteiger partial charge in [0, 0.05) is 36.6 Å². The molecule has 0 aliphatic rings. The molecular weight excluding hydrogens is 338 g/mol. The minimum Gasteiger partial charge on any atom is -0.462 e. The van der Waals surface area contributed by atoms with Crippen LogP contribution in [0, 0.1) is 6.92 Å². The summed E-state index contributed by atoms with van der Waals surface area (Å²) in [6, 6.07) is 0. The summed E-state index contributed by atoms with van der Waals surface area (Å²) in [5.41, 5.74) is 0.583. The highest BCUT2D eigenvalue weighted by molar-refractivity contribution is 7.99. The van der Waals surface area contributed by atoms with Crippen molar-refractivity contribution >= 4 is 17.7 Å².